The standard InChI is InChI=1S/C16H19ClN2O5/c1-5-6-22-14-12(17)7-11(8-13(14)21-4)16(20)23-9(2)15-19-18-10(3)24-15/h7-9H,5-6H2,1-4H3. The van der Waals surface area contributed by atoms with E-state index in [1.165, 1.54) is 19.2 Å². The van der Waals surface area contributed by atoms with Gasteiger partial charge in [-0.15, -0.1) is 10.2 Å². The third-order valence-corrected chi connectivity index (χ3v) is 3.37. The molecule has 130 valence electrons. The van der Waals surface area contributed by atoms with Gasteiger partial charge in [0.2, 0.25) is 5.89 Å². The molecule has 24 heavy (non-hydrogen) atoms. The quantitative estimate of drug-likeness (QED) is 0.700. The highest BCUT2D eigenvalue weighted by atomic mass is 35.5. The first-order chi connectivity index (χ1) is 11.5. The van der Waals surface area contributed by atoms with Gasteiger partial charge in [-0.3, -0.25) is 0 Å². The van der Waals surface area contributed by atoms with Crippen molar-refractivity contribution in [2.45, 2.75) is 33.3 Å². The zero-order chi connectivity index (χ0) is 17.7. The maximum Gasteiger partial charge on any atom is 0.339 e. The van der Waals surface area contributed by atoms with Crippen LogP contribution >= 0.6 is 11.6 Å². The van der Waals surface area contributed by atoms with E-state index < -0.39 is 12.1 Å². The van der Waals surface area contributed by atoms with E-state index in [0.717, 1.165) is 6.42 Å². The molecule has 7 nitrogen and oxygen atoms in total. The molecule has 2 rings (SSSR count). The molecular weight excluding hydrogens is 336 g/mol. The molecule has 2 aromatic rings. The molecule has 1 unspecified atom stereocenters. The van der Waals surface area contributed by atoms with E-state index >= 15 is 0 Å². The molecule has 0 spiro atoms. The van der Waals surface area contributed by atoms with Crippen molar-refractivity contribution in [2.24, 2.45) is 0 Å². The number of halogens is 1. The number of nitrogens with zero attached hydrogens (tertiary/aromatic N) is 2. The summed E-state index contributed by atoms with van der Waals surface area (Å²) in [6.45, 7) is 5.77. The van der Waals surface area contributed by atoms with Crippen LogP contribution in [0.4, 0.5) is 0 Å². The molecule has 1 heterocycles. The highest BCUT2D eigenvalue weighted by molar-refractivity contribution is 6.32. The molecule has 0 saturated carbocycles. The fourth-order valence-corrected chi connectivity index (χ4v) is 2.20. The van der Waals surface area contributed by atoms with Gasteiger partial charge in [0.05, 0.1) is 24.3 Å². The lowest BCUT2D eigenvalue weighted by Crippen LogP contribution is -2.10. The number of carbonyl (C=O) groups excluding carboxylic acids is 1. The monoisotopic (exact) mass is 354 g/mol. The Bertz CT molecular complexity index is 716. The Hall–Kier alpha value is -2.28. The lowest BCUT2D eigenvalue weighted by Gasteiger charge is -2.14. The minimum absolute atomic E-state index is 0.224. The second-order valence-electron chi connectivity index (χ2n) is 5.04. The first-order valence-electron chi connectivity index (χ1n) is 7.47. The Morgan fingerprint density at radius 1 is 1.38 bits per heavy atom. The Balaban J connectivity index is 2.18. The van der Waals surface area contributed by atoms with E-state index in [2.05, 4.69) is 10.2 Å². The van der Waals surface area contributed by atoms with Gasteiger partial charge in [-0.2, -0.15) is 0 Å². The van der Waals surface area contributed by atoms with Crippen LogP contribution in [-0.4, -0.2) is 29.9 Å². The number of benzene rings is 1. The zero-order valence-electron chi connectivity index (χ0n) is 14.0. The highest BCUT2D eigenvalue weighted by Crippen LogP contribution is 2.37. The summed E-state index contributed by atoms with van der Waals surface area (Å²) in [5.74, 6) is 0.805. The fourth-order valence-electron chi connectivity index (χ4n) is 1.94. The first-order valence-corrected chi connectivity index (χ1v) is 7.85. The van der Waals surface area contributed by atoms with Crippen LogP contribution in [0.5, 0.6) is 11.5 Å². The molecule has 0 fully saturated rings. The van der Waals surface area contributed by atoms with Crippen LogP contribution in [-0.2, 0) is 4.74 Å². The van der Waals surface area contributed by atoms with Gasteiger partial charge in [-0.25, -0.2) is 4.79 Å². The molecule has 8 heteroatoms. The smallest absolute Gasteiger partial charge is 0.339 e. The van der Waals surface area contributed by atoms with Gasteiger partial charge >= 0.3 is 5.97 Å². The number of ether oxygens (including phenoxy) is 3. The van der Waals surface area contributed by atoms with E-state index in [1.807, 2.05) is 6.92 Å². The largest absolute Gasteiger partial charge is 0.493 e. The van der Waals surface area contributed by atoms with Gasteiger partial charge in [0.25, 0.3) is 5.89 Å². The molecule has 1 atom stereocenters. The van der Waals surface area contributed by atoms with Crippen molar-refractivity contribution in [2.75, 3.05) is 13.7 Å². The van der Waals surface area contributed by atoms with Gasteiger partial charge in [0, 0.05) is 6.92 Å². The van der Waals surface area contributed by atoms with Crippen molar-refractivity contribution in [3.63, 3.8) is 0 Å². The summed E-state index contributed by atoms with van der Waals surface area (Å²) in [7, 11) is 1.48. The van der Waals surface area contributed by atoms with Gasteiger partial charge < -0.3 is 18.6 Å². The number of esters is 1. The SMILES string of the molecule is CCCOc1c(Cl)cc(C(=O)OC(C)c2nnc(C)o2)cc1OC. The van der Waals surface area contributed by atoms with E-state index in [9.17, 15) is 4.79 Å². The molecule has 0 bridgehead atoms. The number of aryl methyl sites for hydroxylation is 1. The van der Waals surface area contributed by atoms with Crippen molar-refractivity contribution < 1.29 is 23.4 Å². The van der Waals surface area contributed by atoms with Crippen LogP contribution in [0.25, 0.3) is 0 Å². The molecule has 1 aromatic heterocycles. The third kappa shape index (κ3) is 4.17. The lowest BCUT2D eigenvalue weighted by atomic mass is 10.2. The van der Waals surface area contributed by atoms with Crippen molar-refractivity contribution in [1.82, 2.24) is 10.2 Å². The molecule has 0 aliphatic carbocycles. The van der Waals surface area contributed by atoms with Crippen molar-refractivity contribution in [3.8, 4) is 11.5 Å². The minimum Gasteiger partial charge on any atom is -0.493 e. The fraction of sp³-hybridized carbons (Fsp3) is 0.438. The summed E-state index contributed by atoms with van der Waals surface area (Å²) >= 11 is 6.20. The summed E-state index contributed by atoms with van der Waals surface area (Å²) in [4.78, 5) is 12.3. The Morgan fingerprint density at radius 3 is 2.71 bits per heavy atom. The number of aromatic nitrogens is 2. The molecule has 1 aromatic carbocycles. The molecule has 0 amide bonds. The zero-order valence-corrected chi connectivity index (χ0v) is 14.7. The van der Waals surface area contributed by atoms with Crippen LogP contribution < -0.4 is 9.47 Å². The van der Waals surface area contributed by atoms with E-state index in [1.54, 1.807) is 13.8 Å². The van der Waals surface area contributed by atoms with Gasteiger partial charge in [-0.1, -0.05) is 18.5 Å². The number of hydrogen-bond donors (Lipinski definition) is 0. The topological polar surface area (TPSA) is 83.7 Å². The van der Waals surface area contributed by atoms with Crippen LogP contribution in [0.3, 0.4) is 0 Å². The molecule has 0 saturated heterocycles. The van der Waals surface area contributed by atoms with Gasteiger partial charge in [-0.05, 0) is 25.5 Å². The van der Waals surface area contributed by atoms with E-state index in [0.29, 0.717) is 24.0 Å². The average Bonchev–Trinajstić information content (AvgIpc) is 2.99. The number of rotatable bonds is 7. The van der Waals surface area contributed by atoms with Gasteiger partial charge in [0.1, 0.15) is 0 Å². The summed E-state index contributed by atoms with van der Waals surface area (Å²) in [6.07, 6.45) is 0.143. The molecule has 0 radical (unpaired) electrons. The van der Waals surface area contributed by atoms with Crippen LogP contribution in [0.1, 0.15) is 48.5 Å². The van der Waals surface area contributed by atoms with Crippen LogP contribution in [0.2, 0.25) is 5.02 Å². The number of carbonyl (C=O) groups is 1. The van der Waals surface area contributed by atoms with Crippen molar-refractivity contribution >= 4 is 17.6 Å². The van der Waals surface area contributed by atoms with Crippen molar-refractivity contribution in [1.29, 1.82) is 0 Å². The van der Waals surface area contributed by atoms with Crippen LogP contribution in [0, 0.1) is 6.92 Å². The van der Waals surface area contributed by atoms with E-state index in [-0.39, 0.29) is 16.5 Å². The highest BCUT2D eigenvalue weighted by Gasteiger charge is 2.21. The normalized spacial score (nSPS) is 11.9. The Labute approximate surface area is 144 Å². The second kappa shape index (κ2) is 8.01. The Kier molecular flexibility index (Phi) is 6.03. The molecular formula is C16H19ClN2O5. The second-order valence-corrected chi connectivity index (χ2v) is 5.45. The first kappa shape index (κ1) is 18.1. The summed E-state index contributed by atoms with van der Waals surface area (Å²) in [6, 6.07) is 2.99. The summed E-state index contributed by atoms with van der Waals surface area (Å²) in [5, 5.41) is 7.80. The predicted molar refractivity (Wildman–Crippen MR) is 86.7 cm³/mol. The van der Waals surface area contributed by atoms with Crippen molar-refractivity contribution in [3.05, 3.63) is 34.5 Å². The molecule has 0 N–H and O–H groups in total. The third-order valence-electron chi connectivity index (χ3n) is 3.09. The maximum atomic E-state index is 12.3. The minimum atomic E-state index is -0.681. The van der Waals surface area contributed by atoms with E-state index in [4.69, 9.17) is 30.2 Å². The van der Waals surface area contributed by atoms with Crippen LogP contribution in [0.15, 0.2) is 16.5 Å². The van der Waals surface area contributed by atoms with Gasteiger partial charge in [0.15, 0.2) is 17.6 Å². The Morgan fingerprint density at radius 2 is 2.12 bits per heavy atom. The molecule has 0 aliphatic rings. The predicted octanol–water partition coefficient (Wildman–Crippen LogP) is 3.75. The number of methoxy groups -OCH3 is 1. The number of hydrogen-bond acceptors (Lipinski definition) is 7. The maximum absolute atomic E-state index is 12.3. The average molecular weight is 355 g/mol. The summed E-state index contributed by atoms with van der Waals surface area (Å²) < 4.78 is 21.4. The summed E-state index contributed by atoms with van der Waals surface area (Å²) in [5.41, 5.74) is 0.240. The lowest BCUT2D eigenvalue weighted by molar-refractivity contribution is 0.0276. The molecule has 0 aliphatic heterocycles.